The van der Waals surface area contributed by atoms with Crippen LogP contribution in [0.15, 0.2) is 22.7 Å². The van der Waals surface area contributed by atoms with Gasteiger partial charge in [0.05, 0.1) is 11.7 Å². The van der Waals surface area contributed by atoms with E-state index in [0.717, 1.165) is 35.0 Å². The Labute approximate surface area is 121 Å². The van der Waals surface area contributed by atoms with E-state index >= 15 is 0 Å². The number of aryl methyl sites for hydroxylation is 1. The SMILES string of the molecule is Cc1ccc(Br)c(C(=O)N2CC3CCC(O)C3C2)c1. The fourth-order valence-electron chi connectivity index (χ4n) is 3.38. The molecule has 0 bridgehead atoms. The molecule has 0 radical (unpaired) electrons. The topological polar surface area (TPSA) is 40.5 Å². The fourth-order valence-corrected chi connectivity index (χ4v) is 3.79. The molecule has 1 aliphatic heterocycles. The molecule has 3 atom stereocenters. The van der Waals surface area contributed by atoms with E-state index in [1.807, 2.05) is 30.0 Å². The van der Waals surface area contributed by atoms with Crippen LogP contribution in [0.4, 0.5) is 0 Å². The van der Waals surface area contributed by atoms with Gasteiger partial charge in [-0.05, 0) is 53.7 Å². The average Bonchev–Trinajstić information content (AvgIpc) is 2.94. The number of rotatable bonds is 1. The number of amides is 1. The Morgan fingerprint density at radius 3 is 2.89 bits per heavy atom. The number of hydrogen-bond donors (Lipinski definition) is 1. The average molecular weight is 324 g/mol. The van der Waals surface area contributed by atoms with Crippen molar-refractivity contribution in [2.45, 2.75) is 25.9 Å². The second-order valence-corrected chi connectivity index (χ2v) is 6.62. The van der Waals surface area contributed by atoms with E-state index in [0.29, 0.717) is 12.5 Å². The van der Waals surface area contributed by atoms with Gasteiger partial charge in [-0.3, -0.25) is 4.79 Å². The summed E-state index contributed by atoms with van der Waals surface area (Å²) in [4.78, 5) is 14.5. The van der Waals surface area contributed by atoms with E-state index in [1.54, 1.807) is 0 Å². The molecule has 2 aliphatic rings. The maximum atomic E-state index is 12.6. The third kappa shape index (κ3) is 2.32. The van der Waals surface area contributed by atoms with Crippen LogP contribution in [0.3, 0.4) is 0 Å². The summed E-state index contributed by atoms with van der Waals surface area (Å²) in [5, 5.41) is 9.92. The summed E-state index contributed by atoms with van der Waals surface area (Å²) >= 11 is 3.45. The van der Waals surface area contributed by atoms with Crippen molar-refractivity contribution in [1.29, 1.82) is 0 Å². The lowest BCUT2D eigenvalue weighted by atomic mass is 10.00. The smallest absolute Gasteiger partial charge is 0.255 e. The van der Waals surface area contributed by atoms with Crippen LogP contribution in [0, 0.1) is 18.8 Å². The lowest BCUT2D eigenvalue weighted by Gasteiger charge is -2.19. The van der Waals surface area contributed by atoms with Crippen molar-refractivity contribution in [1.82, 2.24) is 4.90 Å². The molecule has 102 valence electrons. The number of aliphatic hydroxyl groups is 1. The van der Waals surface area contributed by atoms with Gasteiger partial charge in [-0.1, -0.05) is 11.6 Å². The third-order valence-corrected chi connectivity index (χ3v) is 5.15. The number of likely N-dealkylation sites (tertiary alicyclic amines) is 1. The van der Waals surface area contributed by atoms with Crippen molar-refractivity contribution in [3.05, 3.63) is 33.8 Å². The Kier molecular flexibility index (Phi) is 3.39. The zero-order chi connectivity index (χ0) is 13.6. The first kappa shape index (κ1) is 13.1. The second-order valence-electron chi connectivity index (χ2n) is 5.76. The van der Waals surface area contributed by atoms with E-state index in [-0.39, 0.29) is 17.9 Å². The van der Waals surface area contributed by atoms with Crippen molar-refractivity contribution in [2.75, 3.05) is 13.1 Å². The largest absolute Gasteiger partial charge is 0.393 e. The van der Waals surface area contributed by atoms with Gasteiger partial charge < -0.3 is 10.0 Å². The molecule has 2 fully saturated rings. The molecule has 0 aromatic heterocycles. The maximum absolute atomic E-state index is 12.6. The summed E-state index contributed by atoms with van der Waals surface area (Å²) in [7, 11) is 0. The first-order valence-corrected chi connectivity index (χ1v) is 7.59. The maximum Gasteiger partial charge on any atom is 0.255 e. The first-order chi connectivity index (χ1) is 9.06. The minimum atomic E-state index is -0.219. The second kappa shape index (κ2) is 4.91. The van der Waals surface area contributed by atoms with Crippen molar-refractivity contribution in [3.63, 3.8) is 0 Å². The lowest BCUT2D eigenvalue weighted by Crippen LogP contribution is -2.31. The standard InChI is InChI=1S/C15H18BrNO2/c1-9-2-4-13(16)11(6-9)15(19)17-7-10-3-5-14(18)12(10)8-17/h2,4,6,10,12,14,18H,3,5,7-8H2,1H3. The molecule has 4 heteroatoms. The summed E-state index contributed by atoms with van der Waals surface area (Å²) in [5.74, 6) is 0.854. The number of hydrogen-bond acceptors (Lipinski definition) is 2. The van der Waals surface area contributed by atoms with E-state index in [4.69, 9.17) is 0 Å². The molecule has 1 amide bonds. The molecule has 3 rings (SSSR count). The molecule has 1 heterocycles. The Morgan fingerprint density at radius 1 is 1.37 bits per heavy atom. The summed E-state index contributed by atoms with van der Waals surface area (Å²) in [5.41, 5.74) is 1.82. The molecule has 19 heavy (non-hydrogen) atoms. The molecule has 1 aliphatic carbocycles. The van der Waals surface area contributed by atoms with Crippen LogP contribution in [0.1, 0.15) is 28.8 Å². The molecule has 1 saturated heterocycles. The quantitative estimate of drug-likeness (QED) is 0.863. The zero-order valence-electron chi connectivity index (χ0n) is 11.0. The van der Waals surface area contributed by atoms with Crippen molar-refractivity contribution < 1.29 is 9.90 Å². The molecular formula is C15H18BrNO2. The summed E-state index contributed by atoms with van der Waals surface area (Å²) in [6, 6.07) is 5.84. The van der Waals surface area contributed by atoms with Gasteiger partial charge >= 0.3 is 0 Å². The van der Waals surface area contributed by atoms with Crippen molar-refractivity contribution in [2.24, 2.45) is 11.8 Å². The van der Waals surface area contributed by atoms with E-state index < -0.39 is 0 Å². The van der Waals surface area contributed by atoms with Crippen LogP contribution < -0.4 is 0 Å². The highest BCUT2D eigenvalue weighted by atomic mass is 79.9. The Hall–Kier alpha value is -0.870. The summed E-state index contributed by atoms with van der Waals surface area (Å²) < 4.78 is 0.848. The van der Waals surface area contributed by atoms with Gasteiger partial charge in [0.25, 0.3) is 5.91 Å². The van der Waals surface area contributed by atoms with E-state index in [9.17, 15) is 9.90 Å². The van der Waals surface area contributed by atoms with Gasteiger partial charge in [-0.15, -0.1) is 0 Å². The van der Waals surface area contributed by atoms with Gasteiger partial charge in [-0.2, -0.15) is 0 Å². The van der Waals surface area contributed by atoms with Crippen molar-refractivity contribution >= 4 is 21.8 Å². The molecule has 3 unspecified atom stereocenters. The zero-order valence-corrected chi connectivity index (χ0v) is 12.6. The van der Waals surface area contributed by atoms with Crippen LogP contribution in [0.5, 0.6) is 0 Å². The third-order valence-electron chi connectivity index (χ3n) is 4.46. The number of nitrogens with zero attached hydrogens (tertiary/aromatic N) is 1. The van der Waals surface area contributed by atoms with Crippen LogP contribution in [0.2, 0.25) is 0 Å². The molecule has 0 spiro atoms. The highest BCUT2D eigenvalue weighted by Crippen LogP contribution is 2.38. The predicted octanol–water partition coefficient (Wildman–Crippen LogP) is 2.60. The van der Waals surface area contributed by atoms with E-state index in [2.05, 4.69) is 15.9 Å². The minimum absolute atomic E-state index is 0.0807. The molecular weight excluding hydrogens is 306 g/mol. The Bertz CT molecular complexity index is 517. The van der Waals surface area contributed by atoms with Gasteiger partial charge in [0.15, 0.2) is 0 Å². The number of carbonyl (C=O) groups excluding carboxylic acids is 1. The Balaban J connectivity index is 1.80. The van der Waals surface area contributed by atoms with Gasteiger partial charge in [0.1, 0.15) is 0 Å². The number of halogens is 1. The highest BCUT2D eigenvalue weighted by molar-refractivity contribution is 9.10. The number of benzene rings is 1. The summed E-state index contributed by atoms with van der Waals surface area (Å²) in [6.07, 6.45) is 1.72. The normalized spacial score (nSPS) is 29.6. The number of aliphatic hydroxyl groups excluding tert-OH is 1. The van der Waals surface area contributed by atoms with Crippen molar-refractivity contribution in [3.8, 4) is 0 Å². The van der Waals surface area contributed by atoms with Crippen LogP contribution >= 0.6 is 15.9 Å². The van der Waals surface area contributed by atoms with Crippen LogP contribution in [0.25, 0.3) is 0 Å². The van der Waals surface area contributed by atoms with Crippen LogP contribution in [-0.4, -0.2) is 35.1 Å². The highest BCUT2D eigenvalue weighted by Gasteiger charge is 2.43. The minimum Gasteiger partial charge on any atom is -0.393 e. The fraction of sp³-hybridized carbons (Fsp3) is 0.533. The van der Waals surface area contributed by atoms with Gasteiger partial charge in [0, 0.05) is 23.5 Å². The monoisotopic (exact) mass is 323 g/mol. The van der Waals surface area contributed by atoms with Crippen LogP contribution in [-0.2, 0) is 0 Å². The lowest BCUT2D eigenvalue weighted by molar-refractivity contribution is 0.0751. The van der Waals surface area contributed by atoms with E-state index in [1.165, 1.54) is 0 Å². The van der Waals surface area contributed by atoms with Gasteiger partial charge in [-0.25, -0.2) is 0 Å². The first-order valence-electron chi connectivity index (χ1n) is 6.80. The predicted molar refractivity (Wildman–Crippen MR) is 77.0 cm³/mol. The van der Waals surface area contributed by atoms with Gasteiger partial charge in [0.2, 0.25) is 0 Å². The molecule has 1 saturated carbocycles. The molecule has 1 aromatic rings. The molecule has 1 N–H and O–H groups in total. The molecule has 1 aromatic carbocycles. The Morgan fingerprint density at radius 2 is 2.16 bits per heavy atom. The molecule has 3 nitrogen and oxygen atoms in total. The number of fused-ring (bicyclic) bond motifs is 1. The summed E-state index contributed by atoms with van der Waals surface area (Å²) in [6.45, 7) is 3.48. The number of carbonyl (C=O) groups is 1.